The summed E-state index contributed by atoms with van der Waals surface area (Å²) in [5.74, 6) is -0.0364. The van der Waals surface area contributed by atoms with E-state index in [1.165, 1.54) is 5.56 Å². The maximum Gasteiger partial charge on any atom is 0.329 e. The van der Waals surface area contributed by atoms with Gasteiger partial charge in [-0.3, -0.25) is 4.90 Å². The quantitative estimate of drug-likeness (QED) is 0.824. The Balaban J connectivity index is 1.77. The highest BCUT2D eigenvalue weighted by molar-refractivity contribution is 5.68. The molecule has 0 aliphatic carbocycles. The third-order valence-corrected chi connectivity index (χ3v) is 3.30. The summed E-state index contributed by atoms with van der Waals surface area (Å²) in [6.07, 6.45) is 0. The molecule has 0 bridgehead atoms. The van der Waals surface area contributed by atoms with E-state index in [0.29, 0.717) is 6.61 Å². The first kappa shape index (κ1) is 14.8. The first-order valence-electron chi connectivity index (χ1n) is 6.80. The van der Waals surface area contributed by atoms with E-state index in [1.54, 1.807) is 0 Å². The molecule has 0 unspecified atom stereocenters. The van der Waals surface area contributed by atoms with Crippen molar-refractivity contribution in [1.82, 2.24) is 4.90 Å². The van der Waals surface area contributed by atoms with Gasteiger partial charge in [0.05, 0.1) is 12.2 Å². The standard InChI is InChI=1S/C15H21NO4/c1-3-19-13-6-4-12(5-7-13)8-16-10-15(2,11-16)20-9-14(17)18/h4-7H,3,8-11H2,1-2H3,(H,17,18). The summed E-state index contributed by atoms with van der Waals surface area (Å²) in [5, 5.41) is 8.62. The van der Waals surface area contributed by atoms with Gasteiger partial charge in [-0.2, -0.15) is 0 Å². The molecule has 1 aromatic rings. The molecular formula is C15H21NO4. The SMILES string of the molecule is CCOc1ccc(CN2CC(C)(OCC(=O)O)C2)cc1. The molecule has 0 amide bonds. The Hall–Kier alpha value is -1.59. The van der Waals surface area contributed by atoms with E-state index in [4.69, 9.17) is 14.6 Å². The van der Waals surface area contributed by atoms with Crippen molar-refractivity contribution in [3.8, 4) is 5.75 Å². The minimum Gasteiger partial charge on any atom is -0.494 e. The van der Waals surface area contributed by atoms with Gasteiger partial charge in [0.1, 0.15) is 12.4 Å². The van der Waals surface area contributed by atoms with Crippen LogP contribution in [0.3, 0.4) is 0 Å². The van der Waals surface area contributed by atoms with Crippen LogP contribution in [0.5, 0.6) is 5.75 Å². The molecule has 1 heterocycles. The molecule has 1 N–H and O–H groups in total. The Morgan fingerprint density at radius 1 is 1.35 bits per heavy atom. The smallest absolute Gasteiger partial charge is 0.329 e. The summed E-state index contributed by atoms with van der Waals surface area (Å²) in [6, 6.07) is 8.05. The molecule has 1 aliphatic rings. The van der Waals surface area contributed by atoms with Crippen LogP contribution in [0.25, 0.3) is 0 Å². The van der Waals surface area contributed by atoms with Crippen LogP contribution in [-0.2, 0) is 16.1 Å². The largest absolute Gasteiger partial charge is 0.494 e. The zero-order valence-corrected chi connectivity index (χ0v) is 12.0. The number of hydrogen-bond acceptors (Lipinski definition) is 4. The lowest BCUT2D eigenvalue weighted by Crippen LogP contribution is -2.61. The third-order valence-electron chi connectivity index (χ3n) is 3.30. The highest BCUT2D eigenvalue weighted by Crippen LogP contribution is 2.26. The Kier molecular flexibility index (Phi) is 4.62. The van der Waals surface area contributed by atoms with Crippen molar-refractivity contribution in [2.45, 2.75) is 26.0 Å². The minimum absolute atomic E-state index is 0.229. The van der Waals surface area contributed by atoms with Crippen molar-refractivity contribution in [2.75, 3.05) is 26.3 Å². The molecule has 1 aromatic carbocycles. The lowest BCUT2D eigenvalue weighted by molar-refractivity contribution is -0.165. The van der Waals surface area contributed by atoms with Crippen molar-refractivity contribution >= 4 is 5.97 Å². The van der Waals surface area contributed by atoms with Crippen LogP contribution in [0.15, 0.2) is 24.3 Å². The fraction of sp³-hybridized carbons (Fsp3) is 0.533. The number of nitrogens with zero attached hydrogens (tertiary/aromatic N) is 1. The molecule has 0 aromatic heterocycles. The summed E-state index contributed by atoms with van der Waals surface area (Å²) in [7, 11) is 0. The highest BCUT2D eigenvalue weighted by Gasteiger charge is 2.39. The van der Waals surface area contributed by atoms with Gasteiger partial charge in [-0.15, -0.1) is 0 Å². The van der Waals surface area contributed by atoms with E-state index in [2.05, 4.69) is 17.0 Å². The second kappa shape index (κ2) is 6.24. The van der Waals surface area contributed by atoms with Crippen molar-refractivity contribution in [3.63, 3.8) is 0 Å². The number of likely N-dealkylation sites (tertiary alicyclic amines) is 1. The summed E-state index contributed by atoms with van der Waals surface area (Å²) < 4.78 is 10.8. The fourth-order valence-electron chi connectivity index (χ4n) is 2.45. The Bertz CT molecular complexity index is 451. The van der Waals surface area contributed by atoms with E-state index in [9.17, 15) is 4.79 Å². The van der Waals surface area contributed by atoms with Gasteiger partial charge in [0.2, 0.25) is 0 Å². The van der Waals surface area contributed by atoms with Crippen LogP contribution in [0, 0.1) is 0 Å². The lowest BCUT2D eigenvalue weighted by Gasteiger charge is -2.47. The van der Waals surface area contributed by atoms with E-state index in [0.717, 1.165) is 25.4 Å². The molecule has 1 fully saturated rings. The average Bonchev–Trinajstić information content (AvgIpc) is 2.37. The van der Waals surface area contributed by atoms with Crippen LogP contribution >= 0.6 is 0 Å². The predicted molar refractivity (Wildman–Crippen MR) is 74.9 cm³/mol. The van der Waals surface area contributed by atoms with Gasteiger partial charge in [-0.25, -0.2) is 4.79 Å². The molecule has 0 spiro atoms. The van der Waals surface area contributed by atoms with Crippen LogP contribution < -0.4 is 4.74 Å². The van der Waals surface area contributed by atoms with E-state index in [-0.39, 0.29) is 12.2 Å². The van der Waals surface area contributed by atoms with Gasteiger partial charge in [0, 0.05) is 19.6 Å². The average molecular weight is 279 g/mol. The third kappa shape index (κ3) is 3.95. The fourth-order valence-corrected chi connectivity index (χ4v) is 2.45. The summed E-state index contributed by atoms with van der Waals surface area (Å²) in [5.41, 5.74) is 0.887. The summed E-state index contributed by atoms with van der Waals surface area (Å²) >= 11 is 0. The van der Waals surface area contributed by atoms with E-state index < -0.39 is 5.97 Å². The van der Waals surface area contributed by atoms with Gasteiger partial charge in [0.15, 0.2) is 0 Å². The molecule has 20 heavy (non-hydrogen) atoms. The maximum atomic E-state index is 10.5. The molecule has 1 aliphatic heterocycles. The molecule has 5 nitrogen and oxygen atoms in total. The lowest BCUT2D eigenvalue weighted by atomic mass is 9.95. The number of carboxylic acid groups (broad SMARTS) is 1. The Morgan fingerprint density at radius 2 is 2.00 bits per heavy atom. The number of benzene rings is 1. The van der Waals surface area contributed by atoms with E-state index >= 15 is 0 Å². The van der Waals surface area contributed by atoms with Crippen LogP contribution in [0.1, 0.15) is 19.4 Å². The molecule has 1 saturated heterocycles. The number of carboxylic acids is 1. The van der Waals surface area contributed by atoms with Gasteiger partial charge in [0.25, 0.3) is 0 Å². The minimum atomic E-state index is -0.920. The zero-order chi connectivity index (χ0) is 14.6. The molecule has 0 saturated carbocycles. The maximum absolute atomic E-state index is 10.5. The molecule has 0 radical (unpaired) electrons. The van der Waals surface area contributed by atoms with Gasteiger partial charge in [-0.1, -0.05) is 12.1 Å². The monoisotopic (exact) mass is 279 g/mol. The number of carbonyl (C=O) groups is 1. The molecule has 110 valence electrons. The van der Waals surface area contributed by atoms with Gasteiger partial charge < -0.3 is 14.6 Å². The molecule has 0 atom stereocenters. The Morgan fingerprint density at radius 3 is 2.55 bits per heavy atom. The van der Waals surface area contributed by atoms with Crippen molar-refractivity contribution < 1.29 is 19.4 Å². The number of rotatable bonds is 7. The number of aliphatic carboxylic acids is 1. The first-order valence-corrected chi connectivity index (χ1v) is 6.80. The van der Waals surface area contributed by atoms with Crippen molar-refractivity contribution in [1.29, 1.82) is 0 Å². The second-order valence-corrected chi connectivity index (χ2v) is 5.35. The van der Waals surface area contributed by atoms with E-state index in [1.807, 2.05) is 26.0 Å². The van der Waals surface area contributed by atoms with Crippen molar-refractivity contribution in [3.05, 3.63) is 29.8 Å². The molecule has 5 heteroatoms. The van der Waals surface area contributed by atoms with Crippen LogP contribution in [0.2, 0.25) is 0 Å². The highest BCUT2D eigenvalue weighted by atomic mass is 16.5. The first-order chi connectivity index (χ1) is 9.50. The van der Waals surface area contributed by atoms with Gasteiger partial charge >= 0.3 is 5.97 Å². The number of ether oxygens (including phenoxy) is 2. The van der Waals surface area contributed by atoms with Crippen LogP contribution in [-0.4, -0.2) is 47.9 Å². The normalized spacial score (nSPS) is 17.5. The van der Waals surface area contributed by atoms with Crippen molar-refractivity contribution in [2.24, 2.45) is 0 Å². The topological polar surface area (TPSA) is 59.0 Å². The second-order valence-electron chi connectivity index (χ2n) is 5.35. The summed E-state index contributed by atoms with van der Waals surface area (Å²) in [6.45, 7) is 6.72. The Labute approximate surface area is 119 Å². The van der Waals surface area contributed by atoms with Crippen LogP contribution in [0.4, 0.5) is 0 Å². The number of hydrogen-bond donors (Lipinski definition) is 1. The molecular weight excluding hydrogens is 258 g/mol. The zero-order valence-electron chi connectivity index (χ0n) is 12.0. The molecule has 2 rings (SSSR count). The van der Waals surface area contributed by atoms with Gasteiger partial charge in [-0.05, 0) is 31.5 Å². The predicted octanol–water partition coefficient (Wildman–Crippen LogP) is 1.76. The summed E-state index contributed by atoms with van der Waals surface area (Å²) in [4.78, 5) is 12.7.